The first-order valence-corrected chi connectivity index (χ1v) is 13.1. The molecule has 1 amide bonds. The Morgan fingerprint density at radius 2 is 1.73 bits per heavy atom. The minimum absolute atomic E-state index is 0.136. The maximum Gasteiger partial charge on any atom is 0.437 e. The summed E-state index contributed by atoms with van der Waals surface area (Å²) >= 11 is 0. The SMILES string of the molecule is O=C(CC1CCN(c2ccc(CC(=O)c3oc(N4CCCCC4)nc3C(F)(F)F)cn2)CC1)NC1CC1. The van der Waals surface area contributed by atoms with Crippen LogP contribution in [0.1, 0.15) is 73.2 Å². The van der Waals surface area contributed by atoms with Crippen LogP contribution in [0.15, 0.2) is 22.7 Å². The zero-order chi connectivity index (χ0) is 26.0. The lowest BCUT2D eigenvalue weighted by Gasteiger charge is -2.32. The largest absolute Gasteiger partial charge is 0.437 e. The summed E-state index contributed by atoms with van der Waals surface area (Å²) in [6, 6.07) is 3.73. The maximum absolute atomic E-state index is 13.6. The van der Waals surface area contributed by atoms with Crippen LogP contribution in [0.3, 0.4) is 0 Å². The molecule has 0 aromatic carbocycles. The molecule has 37 heavy (non-hydrogen) atoms. The standard InChI is InChI=1S/C26H32F3N5O3/c27-26(28,29)24-23(37-25(32-24)34-10-2-1-3-11-34)20(35)14-18-4-7-21(30-16-18)33-12-8-17(9-13-33)15-22(36)31-19-5-6-19/h4,7,16-17,19H,1-3,5-6,8-15H2,(H,31,36). The minimum Gasteiger partial charge on any atom is -0.420 e. The van der Waals surface area contributed by atoms with E-state index in [9.17, 15) is 22.8 Å². The molecule has 5 rings (SSSR count). The van der Waals surface area contributed by atoms with E-state index in [-0.39, 0.29) is 18.3 Å². The van der Waals surface area contributed by atoms with Crippen LogP contribution in [0, 0.1) is 5.92 Å². The number of amides is 1. The number of ketones is 1. The smallest absolute Gasteiger partial charge is 0.420 e. The van der Waals surface area contributed by atoms with Crippen molar-refractivity contribution in [2.24, 2.45) is 5.92 Å². The Labute approximate surface area is 213 Å². The first-order chi connectivity index (χ1) is 17.8. The lowest BCUT2D eigenvalue weighted by atomic mass is 9.93. The van der Waals surface area contributed by atoms with Crippen molar-refractivity contribution in [1.29, 1.82) is 0 Å². The number of carbonyl (C=O) groups excluding carboxylic acids is 2. The molecule has 0 unspecified atom stereocenters. The normalized spacial score (nSPS) is 19.2. The molecule has 1 N–H and O–H groups in total. The van der Waals surface area contributed by atoms with Gasteiger partial charge >= 0.3 is 6.18 Å². The molecule has 2 saturated heterocycles. The van der Waals surface area contributed by atoms with Gasteiger partial charge in [-0.3, -0.25) is 9.59 Å². The summed E-state index contributed by atoms with van der Waals surface area (Å²) in [5.41, 5.74) is -0.763. The Bertz CT molecular complexity index is 1100. The van der Waals surface area contributed by atoms with Crippen LogP contribution in [0.2, 0.25) is 0 Å². The highest BCUT2D eigenvalue weighted by atomic mass is 19.4. The van der Waals surface area contributed by atoms with E-state index in [0.717, 1.165) is 63.9 Å². The van der Waals surface area contributed by atoms with Gasteiger partial charge in [-0.05, 0) is 62.5 Å². The fourth-order valence-electron chi connectivity index (χ4n) is 5.03. The highest BCUT2D eigenvalue weighted by Crippen LogP contribution is 2.35. The summed E-state index contributed by atoms with van der Waals surface area (Å²) in [5, 5.41) is 3.04. The molecule has 200 valence electrons. The van der Waals surface area contributed by atoms with Gasteiger partial charge in [0.2, 0.25) is 17.5 Å². The molecule has 8 nitrogen and oxygen atoms in total. The number of hydrogen-bond acceptors (Lipinski definition) is 7. The van der Waals surface area contributed by atoms with E-state index in [1.165, 1.54) is 6.20 Å². The van der Waals surface area contributed by atoms with Gasteiger partial charge in [0.1, 0.15) is 5.82 Å². The molecular formula is C26H32F3N5O3. The highest BCUT2D eigenvalue weighted by Gasteiger charge is 2.41. The third-order valence-electron chi connectivity index (χ3n) is 7.29. The number of pyridine rings is 1. The highest BCUT2D eigenvalue weighted by molar-refractivity contribution is 5.96. The second-order valence-electron chi connectivity index (χ2n) is 10.3. The molecule has 1 aliphatic carbocycles. The number of nitrogens with one attached hydrogen (secondary N) is 1. The summed E-state index contributed by atoms with van der Waals surface area (Å²) in [6.45, 7) is 2.67. The Balaban J connectivity index is 1.18. The van der Waals surface area contributed by atoms with Crippen LogP contribution in [0.4, 0.5) is 25.0 Å². The molecule has 0 atom stereocenters. The molecule has 11 heteroatoms. The topological polar surface area (TPSA) is 91.6 Å². The van der Waals surface area contributed by atoms with E-state index < -0.39 is 23.4 Å². The summed E-state index contributed by atoms with van der Waals surface area (Å²) < 4.78 is 46.2. The van der Waals surface area contributed by atoms with Gasteiger partial charge in [0.05, 0.1) is 0 Å². The average Bonchev–Trinajstić information content (AvgIpc) is 3.56. The van der Waals surface area contributed by atoms with E-state index >= 15 is 0 Å². The van der Waals surface area contributed by atoms with Crippen molar-refractivity contribution in [2.75, 3.05) is 36.0 Å². The van der Waals surface area contributed by atoms with Crippen molar-refractivity contribution in [3.63, 3.8) is 0 Å². The molecule has 0 spiro atoms. The van der Waals surface area contributed by atoms with E-state index in [2.05, 4.69) is 20.2 Å². The maximum atomic E-state index is 13.6. The number of carbonyl (C=O) groups is 2. The number of halogens is 3. The summed E-state index contributed by atoms with van der Waals surface area (Å²) in [5.74, 6) is -0.281. The molecule has 0 bridgehead atoms. The summed E-state index contributed by atoms with van der Waals surface area (Å²) in [7, 11) is 0. The Hall–Kier alpha value is -3.11. The van der Waals surface area contributed by atoms with Gasteiger partial charge in [0, 0.05) is 51.3 Å². The van der Waals surface area contributed by atoms with Crippen LogP contribution < -0.4 is 15.1 Å². The van der Waals surface area contributed by atoms with Crippen molar-refractivity contribution in [2.45, 2.75) is 70.0 Å². The number of aromatic nitrogens is 2. The molecule has 0 radical (unpaired) electrons. The first kappa shape index (κ1) is 25.5. The zero-order valence-corrected chi connectivity index (χ0v) is 20.7. The number of piperidine rings is 2. The molecule has 2 aliphatic heterocycles. The predicted molar refractivity (Wildman–Crippen MR) is 131 cm³/mol. The fraction of sp³-hybridized carbons (Fsp3) is 0.615. The Morgan fingerprint density at radius 1 is 1.00 bits per heavy atom. The van der Waals surface area contributed by atoms with E-state index in [4.69, 9.17) is 4.42 Å². The van der Waals surface area contributed by atoms with Gasteiger partial charge in [-0.25, -0.2) is 4.98 Å². The van der Waals surface area contributed by atoms with Crippen molar-refractivity contribution in [3.8, 4) is 0 Å². The zero-order valence-electron chi connectivity index (χ0n) is 20.7. The monoisotopic (exact) mass is 519 g/mol. The second-order valence-corrected chi connectivity index (χ2v) is 10.3. The average molecular weight is 520 g/mol. The van der Waals surface area contributed by atoms with E-state index in [1.54, 1.807) is 17.0 Å². The molecule has 3 fully saturated rings. The fourth-order valence-corrected chi connectivity index (χ4v) is 5.03. The molecule has 3 aliphatic rings. The quantitative estimate of drug-likeness (QED) is 0.518. The van der Waals surface area contributed by atoms with Gasteiger partial charge < -0.3 is 19.5 Å². The number of Topliss-reactive ketones (excluding diaryl/α,β-unsaturated/α-hetero) is 1. The van der Waals surface area contributed by atoms with Crippen LogP contribution in [-0.4, -0.2) is 53.9 Å². The van der Waals surface area contributed by atoms with E-state index in [0.29, 0.717) is 37.0 Å². The van der Waals surface area contributed by atoms with Crippen LogP contribution in [0.5, 0.6) is 0 Å². The second kappa shape index (κ2) is 10.7. The minimum atomic E-state index is -4.78. The number of anilines is 2. The number of alkyl halides is 3. The Morgan fingerprint density at radius 3 is 2.35 bits per heavy atom. The molecular weight excluding hydrogens is 487 g/mol. The first-order valence-electron chi connectivity index (χ1n) is 13.1. The Kier molecular flexibility index (Phi) is 7.39. The predicted octanol–water partition coefficient (Wildman–Crippen LogP) is 4.39. The summed E-state index contributed by atoms with van der Waals surface area (Å²) in [6.07, 6.45) is 3.69. The van der Waals surface area contributed by atoms with Crippen LogP contribution >= 0.6 is 0 Å². The van der Waals surface area contributed by atoms with Crippen molar-refractivity contribution < 1.29 is 27.2 Å². The summed E-state index contributed by atoms with van der Waals surface area (Å²) in [4.78, 5) is 36.8. The molecule has 2 aromatic heterocycles. The van der Waals surface area contributed by atoms with Crippen LogP contribution in [-0.2, 0) is 17.4 Å². The van der Waals surface area contributed by atoms with Gasteiger partial charge in [0.15, 0.2) is 5.69 Å². The molecule has 1 saturated carbocycles. The van der Waals surface area contributed by atoms with Gasteiger partial charge in [0.25, 0.3) is 6.01 Å². The number of rotatable bonds is 8. The van der Waals surface area contributed by atoms with Crippen molar-refractivity contribution in [1.82, 2.24) is 15.3 Å². The van der Waals surface area contributed by atoms with Gasteiger partial charge in [-0.2, -0.15) is 18.2 Å². The lowest BCUT2D eigenvalue weighted by Crippen LogP contribution is -2.36. The van der Waals surface area contributed by atoms with E-state index in [1.807, 2.05) is 0 Å². The van der Waals surface area contributed by atoms with Gasteiger partial charge in [-0.1, -0.05) is 6.07 Å². The van der Waals surface area contributed by atoms with Crippen molar-refractivity contribution >= 4 is 23.5 Å². The van der Waals surface area contributed by atoms with Crippen molar-refractivity contribution in [3.05, 3.63) is 35.3 Å². The number of nitrogens with zero attached hydrogens (tertiary/aromatic N) is 4. The third kappa shape index (κ3) is 6.42. The third-order valence-corrected chi connectivity index (χ3v) is 7.29. The lowest BCUT2D eigenvalue weighted by molar-refractivity contribution is -0.141. The molecule has 2 aromatic rings. The van der Waals surface area contributed by atoms with Gasteiger partial charge in [-0.15, -0.1) is 0 Å². The molecule has 4 heterocycles. The number of oxazole rings is 1. The number of hydrogen-bond donors (Lipinski definition) is 1. The van der Waals surface area contributed by atoms with Crippen LogP contribution in [0.25, 0.3) is 0 Å².